The maximum absolute atomic E-state index is 14.0. The first-order chi connectivity index (χ1) is 14.9. The lowest BCUT2D eigenvalue weighted by molar-refractivity contribution is 0.0137. The number of fused-ring (bicyclic) bond motifs is 1. The fourth-order valence-electron chi connectivity index (χ4n) is 5.76. The van der Waals surface area contributed by atoms with Gasteiger partial charge in [-0.05, 0) is 55.7 Å². The van der Waals surface area contributed by atoms with E-state index in [1.807, 2.05) is 0 Å². The van der Waals surface area contributed by atoms with Gasteiger partial charge in [-0.1, -0.05) is 12.8 Å². The average Bonchev–Trinajstić information content (AvgIpc) is 3.40. The molecule has 0 amide bonds. The number of benzene rings is 1. The first kappa shape index (κ1) is 20.7. The highest BCUT2D eigenvalue weighted by molar-refractivity contribution is 5.60. The van der Waals surface area contributed by atoms with E-state index in [-0.39, 0.29) is 17.3 Å². The molecule has 2 heterocycles. The zero-order valence-corrected chi connectivity index (χ0v) is 17.3. The van der Waals surface area contributed by atoms with Gasteiger partial charge >= 0.3 is 0 Å². The second-order valence-electron chi connectivity index (χ2n) is 9.51. The molecule has 166 valence electrons. The van der Waals surface area contributed by atoms with Crippen LogP contribution in [0.25, 0.3) is 11.3 Å². The number of β-amino-alcohol motifs (C(OH)–C–C–N with tert-alkyl or cyclic N) is 1. The van der Waals surface area contributed by atoms with Crippen LogP contribution in [-0.4, -0.2) is 51.5 Å². The monoisotopic (exact) mass is 432 g/mol. The highest BCUT2D eigenvalue weighted by Gasteiger charge is 2.43. The Kier molecular flexibility index (Phi) is 5.38. The van der Waals surface area contributed by atoms with Gasteiger partial charge in [-0.3, -0.25) is 4.90 Å². The molecule has 8 heteroatoms. The number of likely N-dealkylation sites (tertiary alicyclic amines) is 1. The van der Waals surface area contributed by atoms with Gasteiger partial charge in [-0.25, -0.2) is 13.2 Å². The van der Waals surface area contributed by atoms with Crippen LogP contribution in [0.3, 0.4) is 0 Å². The third-order valence-electron chi connectivity index (χ3n) is 7.16. The summed E-state index contributed by atoms with van der Waals surface area (Å²) in [5, 5.41) is 22.1. The summed E-state index contributed by atoms with van der Waals surface area (Å²) < 4.78 is 40.9. The summed E-state index contributed by atoms with van der Waals surface area (Å²) in [6, 6.07) is 4.90. The fourth-order valence-corrected chi connectivity index (χ4v) is 5.76. The molecule has 3 fully saturated rings. The van der Waals surface area contributed by atoms with E-state index in [9.17, 15) is 18.3 Å². The largest absolute Gasteiger partial charge is 0.389 e. The van der Waals surface area contributed by atoms with Crippen LogP contribution in [0.4, 0.5) is 19.0 Å². The van der Waals surface area contributed by atoms with Crippen molar-refractivity contribution in [3.05, 3.63) is 41.7 Å². The molecule has 2 N–H and O–H groups in total. The van der Waals surface area contributed by atoms with Gasteiger partial charge in [0, 0.05) is 37.3 Å². The molecular formula is C23H27F3N4O. The van der Waals surface area contributed by atoms with Crippen LogP contribution in [0, 0.1) is 29.3 Å². The first-order valence-corrected chi connectivity index (χ1v) is 11.1. The summed E-state index contributed by atoms with van der Waals surface area (Å²) in [7, 11) is 0. The second-order valence-corrected chi connectivity index (χ2v) is 9.51. The predicted molar refractivity (Wildman–Crippen MR) is 111 cm³/mol. The van der Waals surface area contributed by atoms with E-state index < -0.39 is 23.1 Å². The molecule has 3 aliphatic rings. The van der Waals surface area contributed by atoms with Gasteiger partial charge in [0.2, 0.25) is 0 Å². The number of halogens is 3. The lowest BCUT2D eigenvalue weighted by Gasteiger charge is -2.29. The lowest BCUT2D eigenvalue weighted by Crippen LogP contribution is -2.40. The average molecular weight is 432 g/mol. The number of nitrogens with zero attached hydrogens (tertiary/aromatic N) is 3. The minimum atomic E-state index is -1.24. The van der Waals surface area contributed by atoms with Crippen molar-refractivity contribution >= 4 is 5.82 Å². The lowest BCUT2D eigenvalue weighted by atomic mass is 10.0. The summed E-state index contributed by atoms with van der Waals surface area (Å²) >= 11 is 0. The Morgan fingerprint density at radius 1 is 1.03 bits per heavy atom. The molecule has 2 aliphatic carbocycles. The molecule has 1 aliphatic heterocycles. The number of rotatable bonds is 5. The number of hydrogen-bond acceptors (Lipinski definition) is 5. The van der Waals surface area contributed by atoms with E-state index in [1.165, 1.54) is 6.07 Å². The van der Waals surface area contributed by atoms with Gasteiger partial charge in [-0.15, -0.1) is 10.2 Å². The number of aromatic nitrogens is 2. The van der Waals surface area contributed by atoms with Crippen LogP contribution in [0.5, 0.6) is 0 Å². The van der Waals surface area contributed by atoms with Crippen molar-refractivity contribution in [1.82, 2.24) is 15.1 Å². The van der Waals surface area contributed by atoms with Crippen LogP contribution >= 0.6 is 0 Å². The van der Waals surface area contributed by atoms with Gasteiger partial charge in [0.25, 0.3) is 0 Å². The Morgan fingerprint density at radius 3 is 2.39 bits per heavy atom. The Bertz CT molecular complexity index is 935. The molecule has 1 unspecified atom stereocenters. The molecular weight excluding hydrogens is 405 g/mol. The molecule has 2 saturated carbocycles. The highest BCUT2D eigenvalue weighted by atomic mass is 19.2. The number of nitrogens with one attached hydrogen (secondary N) is 1. The van der Waals surface area contributed by atoms with E-state index in [4.69, 9.17) is 0 Å². The minimum absolute atomic E-state index is 0.0882. The number of anilines is 1. The van der Waals surface area contributed by atoms with Gasteiger partial charge in [0.1, 0.15) is 11.6 Å². The Morgan fingerprint density at radius 2 is 1.74 bits per heavy atom. The van der Waals surface area contributed by atoms with E-state index >= 15 is 0 Å². The molecule has 0 radical (unpaired) electrons. The maximum atomic E-state index is 14.0. The van der Waals surface area contributed by atoms with Crippen LogP contribution in [0.1, 0.15) is 38.5 Å². The van der Waals surface area contributed by atoms with Crippen molar-refractivity contribution in [2.75, 3.05) is 25.0 Å². The molecule has 1 saturated heterocycles. The smallest absolute Gasteiger partial charge is 0.168 e. The van der Waals surface area contributed by atoms with Gasteiger partial charge < -0.3 is 10.4 Å². The van der Waals surface area contributed by atoms with Crippen LogP contribution in [0.2, 0.25) is 0 Å². The Balaban J connectivity index is 1.17. The van der Waals surface area contributed by atoms with Crippen molar-refractivity contribution in [1.29, 1.82) is 0 Å². The Hall–Kier alpha value is -2.19. The molecule has 1 aromatic carbocycles. The minimum Gasteiger partial charge on any atom is -0.389 e. The van der Waals surface area contributed by atoms with E-state index in [0.29, 0.717) is 23.7 Å². The summed E-state index contributed by atoms with van der Waals surface area (Å²) in [4.78, 5) is 2.43. The summed E-state index contributed by atoms with van der Waals surface area (Å²) in [5.41, 5.74) is -0.640. The van der Waals surface area contributed by atoms with Crippen molar-refractivity contribution in [2.24, 2.45) is 11.8 Å². The normalized spacial score (nSPS) is 27.5. The van der Waals surface area contributed by atoms with Crippen LogP contribution in [-0.2, 0) is 0 Å². The molecule has 5 rings (SSSR count). The summed E-state index contributed by atoms with van der Waals surface area (Å²) in [5.74, 6) is -1.44. The quantitative estimate of drug-likeness (QED) is 0.700. The second kappa shape index (κ2) is 8.06. The maximum Gasteiger partial charge on any atom is 0.168 e. The summed E-state index contributed by atoms with van der Waals surface area (Å²) in [6.07, 6.45) is 6.17. The number of aliphatic hydroxyl groups is 1. The van der Waals surface area contributed by atoms with Gasteiger partial charge in [-0.2, -0.15) is 0 Å². The van der Waals surface area contributed by atoms with Crippen LogP contribution in [0.15, 0.2) is 24.3 Å². The van der Waals surface area contributed by atoms with Crippen molar-refractivity contribution in [2.45, 2.75) is 50.2 Å². The van der Waals surface area contributed by atoms with Crippen molar-refractivity contribution in [3.63, 3.8) is 0 Å². The standard InChI is InChI=1S/C23H27F3N4O/c24-16-9-18(22(26)19(25)10-16)20-3-4-21(29-28-20)27-17-7-14-11-30(12-15(14)8-17)13-23(31)5-1-2-6-23/h3-4,9-10,14-15,17,31H,1-2,5-8,11-13H2,(H,27,29)/t14-,15+,17?. The van der Waals surface area contributed by atoms with E-state index in [1.54, 1.807) is 6.07 Å². The molecule has 3 atom stereocenters. The first-order valence-electron chi connectivity index (χ1n) is 11.1. The van der Waals surface area contributed by atoms with Crippen LogP contribution < -0.4 is 5.32 Å². The zero-order valence-electron chi connectivity index (χ0n) is 17.3. The molecule has 1 aromatic heterocycles. The van der Waals surface area contributed by atoms with E-state index in [2.05, 4.69) is 20.4 Å². The SMILES string of the molecule is OC1(CN2C[C@H]3CC(Nc4ccc(-c5cc(F)cc(F)c5F)nn4)C[C@H]3C2)CCCC1. The highest BCUT2D eigenvalue weighted by Crippen LogP contribution is 2.41. The van der Waals surface area contributed by atoms with Crippen molar-refractivity contribution < 1.29 is 18.3 Å². The van der Waals surface area contributed by atoms with Gasteiger partial charge in [0.05, 0.1) is 11.3 Å². The summed E-state index contributed by atoms with van der Waals surface area (Å²) in [6.45, 7) is 2.85. The molecule has 5 nitrogen and oxygen atoms in total. The predicted octanol–water partition coefficient (Wildman–Crippen LogP) is 3.99. The zero-order chi connectivity index (χ0) is 21.6. The third kappa shape index (κ3) is 4.28. The molecule has 2 aromatic rings. The molecule has 0 bridgehead atoms. The Labute approximate surface area is 179 Å². The van der Waals surface area contributed by atoms with Gasteiger partial charge in [0.15, 0.2) is 11.6 Å². The molecule has 0 spiro atoms. The fraction of sp³-hybridized carbons (Fsp3) is 0.565. The topological polar surface area (TPSA) is 61.3 Å². The third-order valence-corrected chi connectivity index (χ3v) is 7.16. The van der Waals surface area contributed by atoms with Crippen molar-refractivity contribution in [3.8, 4) is 11.3 Å². The molecule has 31 heavy (non-hydrogen) atoms. The van der Waals surface area contributed by atoms with E-state index in [0.717, 1.165) is 64.2 Å². The number of hydrogen-bond donors (Lipinski definition) is 2.